The van der Waals surface area contributed by atoms with Gasteiger partial charge in [0.25, 0.3) is 0 Å². The van der Waals surface area contributed by atoms with Gasteiger partial charge in [0.2, 0.25) is 6.36 Å². The summed E-state index contributed by atoms with van der Waals surface area (Å²) >= 11 is 0. The molecule has 2 aliphatic rings. The van der Waals surface area contributed by atoms with Crippen LogP contribution < -0.4 is 0 Å². The second kappa shape index (κ2) is 29.5. The molecule has 0 saturated carbocycles. The van der Waals surface area contributed by atoms with E-state index in [2.05, 4.69) is 0 Å². The number of rotatable bonds is 29. The van der Waals surface area contributed by atoms with Crippen LogP contribution in [-0.4, -0.2) is 104 Å². The molecule has 0 radical (unpaired) electrons. The third-order valence-corrected chi connectivity index (χ3v) is 12.5. The second-order valence-electron chi connectivity index (χ2n) is 17.8. The van der Waals surface area contributed by atoms with E-state index in [9.17, 15) is 15.0 Å². The third-order valence-electron chi connectivity index (χ3n) is 12.5. The summed E-state index contributed by atoms with van der Waals surface area (Å²) in [7, 11) is 1.39. The summed E-state index contributed by atoms with van der Waals surface area (Å²) in [5, 5.41) is 22.3. The Labute approximate surface area is 417 Å². The Hall–Kier alpha value is -4.94. The van der Waals surface area contributed by atoms with Crippen LogP contribution in [-0.2, 0) is 85.2 Å². The summed E-state index contributed by atoms with van der Waals surface area (Å²) in [6.07, 6.45) is -9.40. The molecule has 2 fully saturated rings. The standard InChI is InChI=1S/C57H69FO13/c1-62-47(59)33-21-4-2-3-5-22-34-64-56-54(50(48(60)51(70-56)55(58)61)66-37-43-27-15-8-16-28-43)71-57-53(68-39-45-31-19-10-20-32-45)52(67-38-44-29-17-9-18-30-44)49(65-36-42-25-13-7-14-26-42)46(69-57)40-63-35-41-23-11-6-12-24-41/h6-20,23-32,46,48-57,60-61H,2-5,21-22,33-40H2,1H3/t46-,48+,49-,50+,51+,52+,53-,54-,55?,56+,57-/m1/s1. The molecule has 0 spiro atoms. The number of hydrogen-bond acceptors (Lipinski definition) is 13. The van der Waals surface area contributed by atoms with Crippen LogP contribution in [0.2, 0.25) is 0 Å². The molecule has 11 atom stereocenters. The van der Waals surface area contributed by atoms with Gasteiger partial charge in [-0.05, 0) is 40.7 Å². The number of alkyl halides is 1. The van der Waals surface area contributed by atoms with Crippen molar-refractivity contribution in [3.63, 3.8) is 0 Å². The van der Waals surface area contributed by atoms with Crippen LogP contribution in [0.4, 0.5) is 4.39 Å². The van der Waals surface area contributed by atoms with E-state index in [1.165, 1.54) is 7.11 Å². The molecule has 13 nitrogen and oxygen atoms in total. The first-order valence-corrected chi connectivity index (χ1v) is 24.7. The minimum atomic E-state index is -2.58. The highest BCUT2D eigenvalue weighted by molar-refractivity contribution is 5.68. The Morgan fingerprint density at radius 3 is 1.45 bits per heavy atom. The van der Waals surface area contributed by atoms with Gasteiger partial charge in [0.05, 0.1) is 46.8 Å². The van der Waals surface area contributed by atoms with Gasteiger partial charge in [0.15, 0.2) is 12.6 Å². The quantitative estimate of drug-likeness (QED) is 0.0347. The molecule has 2 saturated heterocycles. The van der Waals surface area contributed by atoms with Crippen molar-refractivity contribution in [3.8, 4) is 0 Å². The predicted molar refractivity (Wildman–Crippen MR) is 262 cm³/mol. The number of unbranched alkanes of at least 4 members (excludes halogenated alkanes) is 5. The zero-order chi connectivity index (χ0) is 49.5. The van der Waals surface area contributed by atoms with Crippen molar-refractivity contribution in [2.24, 2.45) is 0 Å². The Balaban J connectivity index is 1.21. The van der Waals surface area contributed by atoms with Gasteiger partial charge in [-0.25, -0.2) is 4.39 Å². The first kappa shape index (κ1) is 53.8. The first-order chi connectivity index (χ1) is 34.9. The van der Waals surface area contributed by atoms with Crippen molar-refractivity contribution in [3.05, 3.63) is 179 Å². The fourth-order valence-corrected chi connectivity index (χ4v) is 8.70. The van der Waals surface area contributed by atoms with Crippen LogP contribution in [0.3, 0.4) is 0 Å². The molecule has 5 aromatic carbocycles. The van der Waals surface area contributed by atoms with E-state index < -0.39 is 67.8 Å². The second-order valence-corrected chi connectivity index (χ2v) is 17.8. The highest BCUT2D eigenvalue weighted by atomic mass is 19.1. The van der Waals surface area contributed by atoms with Gasteiger partial charge in [-0.15, -0.1) is 0 Å². The molecule has 382 valence electrons. The Morgan fingerprint density at radius 2 is 0.958 bits per heavy atom. The van der Waals surface area contributed by atoms with Crippen LogP contribution in [0.15, 0.2) is 152 Å². The maximum Gasteiger partial charge on any atom is 0.305 e. The van der Waals surface area contributed by atoms with Crippen molar-refractivity contribution in [1.82, 2.24) is 0 Å². The van der Waals surface area contributed by atoms with E-state index >= 15 is 4.39 Å². The predicted octanol–water partition coefficient (Wildman–Crippen LogP) is 8.95. The van der Waals surface area contributed by atoms with Gasteiger partial charge >= 0.3 is 5.97 Å². The smallest absolute Gasteiger partial charge is 0.305 e. The molecule has 0 aliphatic carbocycles. The zero-order valence-corrected chi connectivity index (χ0v) is 40.4. The highest BCUT2D eigenvalue weighted by Crippen LogP contribution is 2.36. The van der Waals surface area contributed by atoms with Gasteiger partial charge in [-0.3, -0.25) is 4.79 Å². The maximum absolute atomic E-state index is 15.1. The van der Waals surface area contributed by atoms with Gasteiger partial charge in [0.1, 0.15) is 48.8 Å². The molecule has 5 aromatic rings. The van der Waals surface area contributed by atoms with E-state index in [0.717, 1.165) is 59.9 Å². The van der Waals surface area contributed by atoms with Crippen molar-refractivity contribution in [2.75, 3.05) is 20.3 Å². The maximum atomic E-state index is 15.1. The summed E-state index contributed by atoms with van der Waals surface area (Å²) in [6.45, 7) is 1.08. The molecular formula is C57H69FO13. The first-order valence-electron chi connectivity index (χ1n) is 24.7. The number of hydrogen-bond donors (Lipinski definition) is 2. The van der Waals surface area contributed by atoms with Crippen molar-refractivity contribution in [1.29, 1.82) is 0 Å². The fourth-order valence-electron chi connectivity index (χ4n) is 8.70. The van der Waals surface area contributed by atoms with Crippen molar-refractivity contribution >= 4 is 5.97 Å². The lowest BCUT2D eigenvalue weighted by molar-refractivity contribution is -0.386. The average Bonchev–Trinajstić information content (AvgIpc) is 3.40. The molecule has 14 heteroatoms. The van der Waals surface area contributed by atoms with Crippen LogP contribution in [0.1, 0.15) is 72.8 Å². The van der Waals surface area contributed by atoms with Crippen molar-refractivity contribution < 1.29 is 66.8 Å². The summed E-state index contributed by atoms with van der Waals surface area (Å²) in [5.74, 6) is -0.221. The SMILES string of the molecule is COC(=O)CCCCCCCCO[C@H]1O[C@H](C(O)F)[C@@H](O)[C@H](OCc2ccccc2)[C@H]1O[C@H]1O[C@H](COCc2ccccc2)[C@@H](OCc2ccccc2)[C@H](OCc2ccccc2)[C@H]1OCc1ccccc1. The molecule has 1 unspecified atom stereocenters. The molecule has 2 heterocycles. The number of benzene rings is 5. The van der Waals surface area contributed by atoms with E-state index in [-0.39, 0.29) is 52.2 Å². The van der Waals surface area contributed by atoms with Gasteiger partial charge < -0.3 is 57.6 Å². The minimum Gasteiger partial charge on any atom is -0.469 e. The number of halogens is 1. The minimum absolute atomic E-state index is 0.00779. The number of carbonyl (C=O) groups is 1. The Morgan fingerprint density at radius 1 is 0.521 bits per heavy atom. The summed E-state index contributed by atoms with van der Waals surface area (Å²) in [4.78, 5) is 11.6. The fraction of sp³-hybridized carbons (Fsp3) is 0.456. The van der Waals surface area contributed by atoms with E-state index in [1.807, 2.05) is 152 Å². The number of esters is 1. The van der Waals surface area contributed by atoms with E-state index in [0.29, 0.717) is 12.8 Å². The topological polar surface area (TPSA) is 150 Å². The lowest BCUT2D eigenvalue weighted by atomic mass is 9.96. The lowest BCUT2D eigenvalue weighted by Gasteiger charge is -2.49. The molecule has 0 aromatic heterocycles. The third kappa shape index (κ3) is 17.1. The van der Waals surface area contributed by atoms with Crippen molar-refractivity contribution in [2.45, 2.75) is 146 Å². The number of carbonyl (C=O) groups excluding carboxylic acids is 1. The summed E-state index contributed by atoms with van der Waals surface area (Å²) in [6, 6.07) is 48.5. The number of aliphatic hydroxyl groups excluding tert-OH is 2. The van der Waals surface area contributed by atoms with E-state index in [4.69, 9.17) is 47.4 Å². The molecule has 2 N–H and O–H groups in total. The zero-order valence-electron chi connectivity index (χ0n) is 40.4. The van der Waals surface area contributed by atoms with Crippen LogP contribution >= 0.6 is 0 Å². The Bertz CT molecular complexity index is 2190. The molecule has 0 amide bonds. The molecule has 71 heavy (non-hydrogen) atoms. The van der Waals surface area contributed by atoms with Gasteiger partial charge in [0, 0.05) is 13.0 Å². The molecule has 7 rings (SSSR count). The molecule has 2 aliphatic heterocycles. The summed E-state index contributed by atoms with van der Waals surface area (Å²) < 4.78 is 80.0. The number of methoxy groups -OCH3 is 1. The van der Waals surface area contributed by atoms with E-state index in [1.54, 1.807) is 0 Å². The van der Waals surface area contributed by atoms with Crippen LogP contribution in [0.5, 0.6) is 0 Å². The summed E-state index contributed by atoms with van der Waals surface area (Å²) in [5.41, 5.74) is 4.49. The van der Waals surface area contributed by atoms with Crippen LogP contribution in [0, 0.1) is 0 Å². The van der Waals surface area contributed by atoms with Gasteiger partial charge in [-0.1, -0.05) is 177 Å². The lowest BCUT2D eigenvalue weighted by Crippen LogP contribution is -2.66. The normalized spacial score (nSPS) is 24.8. The Kier molecular flexibility index (Phi) is 22.4. The number of aliphatic hydroxyl groups is 2. The highest BCUT2D eigenvalue weighted by Gasteiger charge is 2.55. The largest absolute Gasteiger partial charge is 0.469 e. The van der Waals surface area contributed by atoms with Crippen LogP contribution in [0.25, 0.3) is 0 Å². The molecule has 0 bridgehead atoms. The molecular weight excluding hydrogens is 912 g/mol. The monoisotopic (exact) mass is 980 g/mol. The number of ether oxygens (including phenoxy) is 10. The van der Waals surface area contributed by atoms with Gasteiger partial charge in [-0.2, -0.15) is 0 Å². The average molecular weight is 981 g/mol.